The molecule has 6 heteroatoms. The van der Waals surface area contributed by atoms with E-state index in [9.17, 15) is 0 Å². The Labute approximate surface area is 252 Å². The van der Waals surface area contributed by atoms with Crippen LogP contribution in [-0.2, 0) is 0 Å². The molecule has 0 aliphatic carbocycles. The van der Waals surface area contributed by atoms with E-state index in [2.05, 4.69) is 61.2 Å². The van der Waals surface area contributed by atoms with E-state index in [4.69, 9.17) is 33.9 Å². The number of hydrogen-bond acceptors (Lipinski definition) is 4. The minimum absolute atomic E-state index is 0.355. The summed E-state index contributed by atoms with van der Waals surface area (Å²) in [6.45, 7) is 2.08. The van der Waals surface area contributed by atoms with Crippen molar-refractivity contribution in [2.75, 3.05) is 28.2 Å². The van der Waals surface area contributed by atoms with Gasteiger partial charge in [-0.05, 0) is 101 Å². The van der Waals surface area contributed by atoms with E-state index < -0.39 is 0 Å². The first-order chi connectivity index (χ1) is 19.7. The van der Waals surface area contributed by atoms with E-state index >= 15 is 0 Å². The molecule has 0 unspecified atom stereocenters. The van der Waals surface area contributed by atoms with Gasteiger partial charge in [-0.2, -0.15) is 0 Å². The molecule has 0 spiro atoms. The Morgan fingerprint density at radius 3 is 1.63 bits per heavy atom. The van der Waals surface area contributed by atoms with Gasteiger partial charge < -0.3 is 19.3 Å². The predicted octanol–water partition coefficient (Wildman–Crippen LogP) is 7.82. The molecule has 5 aromatic rings. The monoisotopic (exact) mass is 574 g/mol. The number of nitrogens with zero attached hydrogens (tertiary/aromatic N) is 2. The topological polar surface area (TPSA) is 24.9 Å². The molecule has 0 aliphatic heterocycles. The second-order valence-electron chi connectivity index (χ2n) is 10.3. The van der Waals surface area contributed by atoms with E-state index in [1.54, 1.807) is 9.80 Å². The summed E-state index contributed by atoms with van der Waals surface area (Å²) in [6.07, 6.45) is 0. The number of rotatable bonds is 3. The Bertz CT molecular complexity index is 1850. The molecule has 204 valence electrons. The lowest BCUT2D eigenvalue weighted by molar-refractivity contribution is 0.447. The maximum absolute atomic E-state index is 6.30. The fourth-order valence-corrected chi connectivity index (χ4v) is 4.56. The van der Waals surface area contributed by atoms with Gasteiger partial charge in [-0.3, -0.25) is 0 Å². The number of benzene rings is 5. The molecule has 0 fully saturated rings. The van der Waals surface area contributed by atoms with E-state index in [0.29, 0.717) is 21.8 Å². The smallest absolute Gasteiger partial charge is 0.264 e. The van der Waals surface area contributed by atoms with Crippen molar-refractivity contribution >= 4 is 56.3 Å². The number of thiocarbonyl (C=S) groups is 2. The van der Waals surface area contributed by atoms with Gasteiger partial charge in [-0.25, -0.2) is 0 Å². The van der Waals surface area contributed by atoms with Crippen LogP contribution in [0.5, 0.6) is 11.5 Å². The summed E-state index contributed by atoms with van der Waals surface area (Å²) in [5.74, 6) is 7.79. The molecule has 0 saturated carbocycles. The van der Waals surface area contributed by atoms with Crippen LogP contribution in [0.1, 0.15) is 16.7 Å². The van der Waals surface area contributed by atoms with Gasteiger partial charge in [0.1, 0.15) is 11.5 Å². The van der Waals surface area contributed by atoms with Crippen molar-refractivity contribution in [3.8, 4) is 34.5 Å². The van der Waals surface area contributed by atoms with Crippen molar-refractivity contribution in [1.29, 1.82) is 0 Å². The van der Waals surface area contributed by atoms with E-state index in [1.807, 2.05) is 76.7 Å². The molecular weight excluding hydrogens is 545 g/mol. The fourth-order valence-electron chi connectivity index (χ4n) is 4.38. The highest BCUT2D eigenvalue weighted by Gasteiger charge is 2.19. The summed E-state index contributed by atoms with van der Waals surface area (Å²) < 4.78 is 12.6. The Morgan fingerprint density at radius 1 is 0.561 bits per heavy atom. The zero-order valence-electron chi connectivity index (χ0n) is 23.7. The summed E-state index contributed by atoms with van der Waals surface area (Å²) in [7, 11) is 7.46. The molecule has 5 aromatic carbocycles. The molecule has 0 saturated heterocycles. The van der Waals surface area contributed by atoms with Gasteiger partial charge in [0.25, 0.3) is 10.3 Å². The van der Waals surface area contributed by atoms with Gasteiger partial charge in [0.15, 0.2) is 0 Å². The van der Waals surface area contributed by atoms with Gasteiger partial charge in [-0.15, -0.1) is 0 Å². The van der Waals surface area contributed by atoms with Crippen LogP contribution >= 0.6 is 24.4 Å². The van der Waals surface area contributed by atoms with Gasteiger partial charge in [0, 0.05) is 50.4 Å². The summed E-state index contributed by atoms with van der Waals surface area (Å²) in [4.78, 5) is 3.54. The van der Waals surface area contributed by atoms with Gasteiger partial charge in [0.05, 0.1) is 0 Å². The number of fused-ring (bicyclic) bond motifs is 2. The zero-order valence-corrected chi connectivity index (χ0v) is 25.3. The van der Waals surface area contributed by atoms with Crippen molar-refractivity contribution in [3.63, 3.8) is 0 Å². The molecule has 0 amide bonds. The Balaban J connectivity index is 1.69. The zero-order chi connectivity index (χ0) is 29.1. The van der Waals surface area contributed by atoms with Gasteiger partial charge in [0.2, 0.25) is 0 Å². The Kier molecular flexibility index (Phi) is 8.21. The molecule has 5 rings (SSSR count). The van der Waals surface area contributed by atoms with Crippen LogP contribution in [0.4, 0.5) is 0 Å². The quantitative estimate of drug-likeness (QED) is 0.161. The first kappa shape index (κ1) is 28.1. The normalized spacial score (nSPS) is 10.6. The summed E-state index contributed by atoms with van der Waals surface area (Å²) in [6, 6.07) is 30.8. The average molecular weight is 575 g/mol. The third-order valence-electron chi connectivity index (χ3n) is 6.57. The lowest BCUT2D eigenvalue weighted by Crippen LogP contribution is -2.25. The SMILES string of the molecule is Cc1ccc2cc(-c3cc4ccc(C#Cc5ccccc5)cc4cc3OC(=S)N(C)C)c(OC(=S)N(C)C)cc2c1. The minimum atomic E-state index is 0.355. The predicted molar refractivity (Wildman–Crippen MR) is 178 cm³/mol. The van der Waals surface area contributed by atoms with Crippen molar-refractivity contribution < 1.29 is 9.47 Å². The number of ether oxygens (including phenoxy) is 2. The van der Waals surface area contributed by atoms with E-state index in [0.717, 1.165) is 43.8 Å². The van der Waals surface area contributed by atoms with Crippen LogP contribution in [0, 0.1) is 18.8 Å². The molecule has 4 nitrogen and oxygen atoms in total. The van der Waals surface area contributed by atoms with E-state index in [1.165, 1.54) is 5.56 Å². The van der Waals surface area contributed by atoms with Crippen molar-refractivity contribution in [3.05, 3.63) is 108 Å². The highest BCUT2D eigenvalue weighted by atomic mass is 32.1. The van der Waals surface area contributed by atoms with Crippen molar-refractivity contribution in [1.82, 2.24) is 9.80 Å². The maximum atomic E-state index is 6.30. The first-order valence-electron chi connectivity index (χ1n) is 13.2. The minimum Gasteiger partial charge on any atom is -0.431 e. The maximum Gasteiger partial charge on any atom is 0.264 e. The van der Waals surface area contributed by atoms with Crippen LogP contribution in [0.15, 0.2) is 91.0 Å². The molecule has 0 heterocycles. The molecule has 0 radical (unpaired) electrons. The first-order valence-corrected chi connectivity index (χ1v) is 14.0. The highest BCUT2D eigenvalue weighted by molar-refractivity contribution is 7.80. The Morgan fingerprint density at radius 2 is 1.07 bits per heavy atom. The van der Waals surface area contributed by atoms with Gasteiger partial charge >= 0.3 is 0 Å². The lowest BCUT2D eigenvalue weighted by atomic mass is 9.95. The lowest BCUT2D eigenvalue weighted by Gasteiger charge is -2.21. The average Bonchev–Trinajstić information content (AvgIpc) is 2.95. The van der Waals surface area contributed by atoms with Crippen molar-refractivity contribution in [2.24, 2.45) is 0 Å². The second kappa shape index (κ2) is 12.0. The van der Waals surface area contributed by atoms with E-state index in [-0.39, 0.29) is 0 Å². The van der Waals surface area contributed by atoms with Crippen LogP contribution in [0.3, 0.4) is 0 Å². The molecule has 0 aromatic heterocycles. The van der Waals surface area contributed by atoms with Crippen LogP contribution < -0.4 is 9.47 Å². The van der Waals surface area contributed by atoms with Crippen LogP contribution in [0.25, 0.3) is 32.7 Å². The summed E-state index contributed by atoms with van der Waals surface area (Å²) >= 11 is 11.1. The van der Waals surface area contributed by atoms with Gasteiger partial charge in [-0.1, -0.05) is 59.9 Å². The molecule has 41 heavy (non-hydrogen) atoms. The number of aryl methyl sites for hydroxylation is 1. The Hall–Kier alpha value is -4.44. The second-order valence-corrected chi connectivity index (χ2v) is 10.9. The third-order valence-corrected chi connectivity index (χ3v) is 7.47. The standard InChI is InChI=1S/C35H30N2O2S2/c1-23-11-15-26-19-30(32(21-28(26)17-23)38-34(40)36(2)3)31-20-27-16-14-25(13-12-24-9-7-6-8-10-24)18-29(27)22-33(31)39-35(41)37(4)5/h6-11,14-22H,1-5H3. The molecule has 0 bridgehead atoms. The fraction of sp³-hybridized carbons (Fsp3) is 0.143. The molecule has 0 aliphatic rings. The van der Waals surface area contributed by atoms with Crippen molar-refractivity contribution in [2.45, 2.75) is 6.92 Å². The van der Waals surface area contributed by atoms with Crippen LogP contribution in [0.2, 0.25) is 0 Å². The molecule has 0 N–H and O–H groups in total. The number of hydrogen-bond donors (Lipinski definition) is 0. The summed E-state index contributed by atoms with van der Waals surface area (Å²) in [5, 5.41) is 4.91. The molecular formula is C35H30N2O2S2. The van der Waals surface area contributed by atoms with Crippen LogP contribution in [-0.4, -0.2) is 48.3 Å². The highest BCUT2D eigenvalue weighted by Crippen LogP contribution is 2.42. The largest absolute Gasteiger partial charge is 0.431 e. The third kappa shape index (κ3) is 6.49. The molecule has 0 atom stereocenters. The summed E-state index contributed by atoms with van der Waals surface area (Å²) in [5.41, 5.74) is 4.76.